The van der Waals surface area contributed by atoms with Crippen LogP contribution in [-0.4, -0.2) is 15.5 Å². The highest BCUT2D eigenvalue weighted by Crippen LogP contribution is 2.30. The van der Waals surface area contributed by atoms with E-state index in [4.69, 9.17) is 4.74 Å². The molecule has 0 unspecified atom stereocenters. The van der Waals surface area contributed by atoms with E-state index in [0.29, 0.717) is 11.4 Å². The number of ether oxygens (including phenoxy) is 1. The van der Waals surface area contributed by atoms with Crippen molar-refractivity contribution in [2.45, 2.75) is 38.5 Å². The first kappa shape index (κ1) is 17.3. The van der Waals surface area contributed by atoms with Crippen molar-refractivity contribution in [3.63, 3.8) is 0 Å². The molecule has 0 aliphatic carbocycles. The summed E-state index contributed by atoms with van der Waals surface area (Å²) in [5.74, 6) is 0.343. The molecule has 0 aromatic heterocycles. The SMILES string of the molecule is CCc1cccc(CC)c1NS(=O)(=O)c1cc(C)ccc1OC. The third-order valence-electron chi connectivity index (χ3n) is 3.84. The van der Waals surface area contributed by atoms with E-state index in [-0.39, 0.29) is 4.90 Å². The van der Waals surface area contributed by atoms with E-state index >= 15 is 0 Å². The standard InChI is InChI=1S/C18H23NO3S/c1-5-14-8-7-9-15(6-2)18(14)19-23(20,21)17-12-13(3)10-11-16(17)22-4/h7-12,19H,5-6H2,1-4H3. The molecule has 2 aromatic rings. The quantitative estimate of drug-likeness (QED) is 0.871. The van der Waals surface area contributed by atoms with Gasteiger partial charge in [-0.25, -0.2) is 8.42 Å². The first-order chi connectivity index (χ1) is 10.9. The van der Waals surface area contributed by atoms with Gasteiger partial charge in [-0.05, 0) is 48.6 Å². The molecule has 0 spiro atoms. The molecule has 0 saturated carbocycles. The van der Waals surface area contributed by atoms with Gasteiger partial charge in [0.05, 0.1) is 12.8 Å². The molecule has 5 heteroatoms. The van der Waals surface area contributed by atoms with Crippen LogP contribution in [0.25, 0.3) is 0 Å². The fourth-order valence-electron chi connectivity index (χ4n) is 2.56. The van der Waals surface area contributed by atoms with E-state index in [9.17, 15) is 8.42 Å². The molecule has 2 rings (SSSR count). The van der Waals surface area contributed by atoms with Crippen molar-refractivity contribution in [1.29, 1.82) is 0 Å². The fraction of sp³-hybridized carbons (Fsp3) is 0.333. The van der Waals surface area contributed by atoms with Crippen LogP contribution in [0.1, 0.15) is 30.5 Å². The zero-order valence-electron chi connectivity index (χ0n) is 14.0. The van der Waals surface area contributed by atoms with Gasteiger partial charge < -0.3 is 4.74 Å². The van der Waals surface area contributed by atoms with Crippen LogP contribution in [-0.2, 0) is 22.9 Å². The Kier molecular flexibility index (Phi) is 5.31. The Morgan fingerprint density at radius 2 is 1.65 bits per heavy atom. The number of para-hydroxylation sites is 1. The molecule has 0 atom stereocenters. The molecular formula is C18H23NO3S. The smallest absolute Gasteiger partial charge is 0.265 e. The number of anilines is 1. The number of aryl methyl sites for hydroxylation is 3. The van der Waals surface area contributed by atoms with E-state index in [1.165, 1.54) is 7.11 Å². The Balaban J connectivity index is 2.54. The van der Waals surface area contributed by atoms with E-state index in [2.05, 4.69) is 4.72 Å². The van der Waals surface area contributed by atoms with Gasteiger partial charge in [-0.1, -0.05) is 38.1 Å². The highest BCUT2D eigenvalue weighted by atomic mass is 32.2. The molecule has 0 amide bonds. The van der Waals surface area contributed by atoms with Crippen LogP contribution in [0.3, 0.4) is 0 Å². The van der Waals surface area contributed by atoms with Crippen molar-refractivity contribution in [3.05, 3.63) is 53.1 Å². The van der Waals surface area contributed by atoms with Gasteiger partial charge in [0.2, 0.25) is 0 Å². The molecule has 4 nitrogen and oxygen atoms in total. The zero-order chi connectivity index (χ0) is 17.0. The lowest BCUT2D eigenvalue weighted by molar-refractivity contribution is 0.402. The highest BCUT2D eigenvalue weighted by Gasteiger charge is 2.22. The number of sulfonamides is 1. The van der Waals surface area contributed by atoms with Gasteiger partial charge in [-0.3, -0.25) is 4.72 Å². The normalized spacial score (nSPS) is 11.3. The summed E-state index contributed by atoms with van der Waals surface area (Å²) < 4.78 is 33.7. The monoisotopic (exact) mass is 333 g/mol. The van der Waals surface area contributed by atoms with E-state index in [1.54, 1.807) is 12.1 Å². The molecule has 1 N–H and O–H groups in total. The molecule has 0 heterocycles. The van der Waals surface area contributed by atoms with Crippen molar-refractivity contribution in [2.24, 2.45) is 0 Å². The van der Waals surface area contributed by atoms with Crippen LogP contribution in [0.15, 0.2) is 41.3 Å². The Hall–Kier alpha value is -2.01. The average Bonchev–Trinajstić information content (AvgIpc) is 2.54. The van der Waals surface area contributed by atoms with Gasteiger partial charge in [0.25, 0.3) is 10.0 Å². The Morgan fingerprint density at radius 1 is 1.04 bits per heavy atom. The minimum atomic E-state index is -3.72. The average molecular weight is 333 g/mol. The maximum Gasteiger partial charge on any atom is 0.265 e. The summed E-state index contributed by atoms with van der Waals surface area (Å²) in [4.78, 5) is 0.160. The molecule has 2 aromatic carbocycles. The van der Waals surface area contributed by atoms with Crippen molar-refractivity contribution in [1.82, 2.24) is 0 Å². The number of hydrogen-bond donors (Lipinski definition) is 1. The predicted octanol–water partition coefficient (Wildman–Crippen LogP) is 3.93. The molecule has 23 heavy (non-hydrogen) atoms. The van der Waals surface area contributed by atoms with Crippen molar-refractivity contribution < 1.29 is 13.2 Å². The first-order valence-electron chi connectivity index (χ1n) is 7.71. The van der Waals surface area contributed by atoms with Gasteiger partial charge in [0.15, 0.2) is 0 Å². The Morgan fingerprint density at radius 3 is 2.17 bits per heavy atom. The maximum atomic E-state index is 12.9. The molecule has 0 fully saturated rings. The highest BCUT2D eigenvalue weighted by molar-refractivity contribution is 7.92. The predicted molar refractivity (Wildman–Crippen MR) is 93.7 cm³/mol. The van der Waals surface area contributed by atoms with Crippen molar-refractivity contribution in [3.8, 4) is 5.75 Å². The Bertz CT molecular complexity index is 776. The maximum absolute atomic E-state index is 12.9. The minimum Gasteiger partial charge on any atom is -0.495 e. The fourth-order valence-corrected chi connectivity index (χ4v) is 3.96. The first-order valence-corrected chi connectivity index (χ1v) is 9.19. The second kappa shape index (κ2) is 7.04. The number of nitrogens with one attached hydrogen (secondary N) is 1. The van der Waals surface area contributed by atoms with Crippen LogP contribution < -0.4 is 9.46 Å². The van der Waals surface area contributed by atoms with Crippen LogP contribution in [0.2, 0.25) is 0 Å². The summed E-state index contributed by atoms with van der Waals surface area (Å²) in [5, 5.41) is 0. The number of rotatable bonds is 6. The second-order valence-corrected chi connectivity index (χ2v) is 7.07. The minimum absolute atomic E-state index is 0.160. The molecule has 0 aliphatic rings. The van der Waals surface area contributed by atoms with Crippen LogP contribution in [0, 0.1) is 6.92 Å². The molecular weight excluding hydrogens is 310 g/mol. The topological polar surface area (TPSA) is 55.4 Å². The summed E-state index contributed by atoms with van der Waals surface area (Å²) in [6.07, 6.45) is 1.52. The lowest BCUT2D eigenvalue weighted by atomic mass is 10.0. The van der Waals surface area contributed by atoms with E-state index < -0.39 is 10.0 Å². The van der Waals surface area contributed by atoms with Crippen molar-refractivity contribution >= 4 is 15.7 Å². The molecule has 0 radical (unpaired) electrons. The number of benzene rings is 2. The zero-order valence-corrected chi connectivity index (χ0v) is 14.8. The number of methoxy groups -OCH3 is 1. The van der Waals surface area contributed by atoms with E-state index in [0.717, 1.165) is 29.5 Å². The van der Waals surface area contributed by atoms with E-state index in [1.807, 2.05) is 45.0 Å². The number of hydrogen-bond acceptors (Lipinski definition) is 3. The summed E-state index contributed by atoms with van der Waals surface area (Å²) in [6.45, 7) is 5.88. The van der Waals surface area contributed by atoms with Crippen molar-refractivity contribution in [2.75, 3.05) is 11.8 Å². The molecule has 0 saturated heterocycles. The lowest BCUT2D eigenvalue weighted by Crippen LogP contribution is -2.16. The molecule has 124 valence electrons. The van der Waals surface area contributed by atoms with Crippen LogP contribution in [0.5, 0.6) is 5.75 Å². The third kappa shape index (κ3) is 3.67. The second-order valence-electron chi connectivity index (χ2n) is 5.42. The van der Waals surface area contributed by atoms with Gasteiger partial charge in [0.1, 0.15) is 10.6 Å². The summed E-state index contributed by atoms with van der Waals surface area (Å²) in [5.41, 5.74) is 3.52. The molecule has 0 bridgehead atoms. The van der Waals surface area contributed by atoms with Crippen LogP contribution in [0.4, 0.5) is 5.69 Å². The lowest BCUT2D eigenvalue weighted by Gasteiger charge is -2.17. The largest absolute Gasteiger partial charge is 0.495 e. The van der Waals surface area contributed by atoms with Crippen LogP contribution >= 0.6 is 0 Å². The summed E-state index contributed by atoms with van der Waals surface area (Å²) >= 11 is 0. The van der Waals surface area contributed by atoms with Gasteiger partial charge in [0, 0.05) is 0 Å². The summed E-state index contributed by atoms with van der Waals surface area (Å²) in [6, 6.07) is 11.0. The third-order valence-corrected chi connectivity index (χ3v) is 5.21. The van der Waals surface area contributed by atoms with Gasteiger partial charge >= 0.3 is 0 Å². The summed E-state index contributed by atoms with van der Waals surface area (Å²) in [7, 11) is -2.25. The van der Waals surface area contributed by atoms with Gasteiger partial charge in [-0.15, -0.1) is 0 Å². The Labute approximate surface area is 138 Å². The molecule has 0 aliphatic heterocycles. The van der Waals surface area contributed by atoms with Gasteiger partial charge in [-0.2, -0.15) is 0 Å².